The molecule has 8 heteroatoms. The van der Waals surface area contributed by atoms with Crippen molar-refractivity contribution in [3.8, 4) is 0 Å². The lowest BCUT2D eigenvalue weighted by molar-refractivity contribution is -0.136. The number of piperidine rings is 1. The number of hydrogen-bond acceptors (Lipinski definition) is 6. The van der Waals surface area contributed by atoms with E-state index in [0.717, 1.165) is 36.5 Å². The smallest absolute Gasteiger partial charge is 0.262 e. The van der Waals surface area contributed by atoms with E-state index >= 15 is 0 Å². The number of imide groups is 2. The largest absolute Gasteiger partial charge is 0.315 e. The van der Waals surface area contributed by atoms with Gasteiger partial charge in [-0.15, -0.1) is 0 Å². The van der Waals surface area contributed by atoms with Crippen molar-refractivity contribution in [1.29, 1.82) is 0 Å². The van der Waals surface area contributed by atoms with Gasteiger partial charge in [-0.25, -0.2) is 0 Å². The van der Waals surface area contributed by atoms with Crippen LogP contribution in [0.15, 0.2) is 18.2 Å². The molecule has 0 aromatic heterocycles. The van der Waals surface area contributed by atoms with Gasteiger partial charge in [-0.2, -0.15) is 0 Å². The highest BCUT2D eigenvalue weighted by molar-refractivity contribution is 6.24. The van der Waals surface area contributed by atoms with Crippen molar-refractivity contribution < 1.29 is 19.2 Å². The van der Waals surface area contributed by atoms with Gasteiger partial charge in [-0.3, -0.25) is 34.3 Å². The molecule has 1 aromatic rings. The molecule has 2 saturated heterocycles. The molecule has 8 nitrogen and oxygen atoms in total. The minimum absolute atomic E-state index is 0.120. The van der Waals surface area contributed by atoms with Gasteiger partial charge in [0.15, 0.2) is 0 Å². The van der Waals surface area contributed by atoms with Crippen molar-refractivity contribution in [2.45, 2.75) is 44.8 Å². The summed E-state index contributed by atoms with van der Waals surface area (Å²) in [5, 5.41) is 5.58. The van der Waals surface area contributed by atoms with Crippen LogP contribution in [-0.2, 0) is 16.1 Å². The molecule has 1 aromatic carbocycles. The topological polar surface area (TPSA) is 98.8 Å². The zero-order valence-corrected chi connectivity index (χ0v) is 15.9. The third kappa shape index (κ3) is 3.12. The molecule has 2 atom stereocenters. The molecule has 0 bridgehead atoms. The molecule has 0 aliphatic carbocycles. The van der Waals surface area contributed by atoms with Crippen LogP contribution in [0.25, 0.3) is 0 Å². The number of benzene rings is 1. The zero-order valence-electron chi connectivity index (χ0n) is 15.9. The highest BCUT2D eigenvalue weighted by atomic mass is 16.2. The van der Waals surface area contributed by atoms with Crippen LogP contribution in [0, 0.1) is 0 Å². The molecular formula is C20H24N4O4. The highest BCUT2D eigenvalue weighted by Gasteiger charge is 2.45. The van der Waals surface area contributed by atoms with Crippen LogP contribution in [0.2, 0.25) is 0 Å². The zero-order chi connectivity index (χ0) is 19.8. The molecule has 28 heavy (non-hydrogen) atoms. The molecule has 0 saturated carbocycles. The maximum absolute atomic E-state index is 13.2. The SMILES string of the molecule is CCN(Cc1cccc2c1C(=O)N(C1CCC(=O)NC1=O)C2=O)[C@H]1CCNC1. The summed E-state index contributed by atoms with van der Waals surface area (Å²) in [6, 6.07) is 4.77. The van der Waals surface area contributed by atoms with E-state index in [-0.39, 0.29) is 18.7 Å². The van der Waals surface area contributed by atoms with Crippen LogP contribution in [0.5, 0.6) is 0 Å². The quantitative estimate of drug-likeness (QED) is 0.707. The average molecular weight is 384 g/mol. The van der Waals surface area contributed by atoms with E-state index < -0.39 is 23.8 Å². The van der Waals surface area contributed by atoms with Gasteiger partial charge in [-0.05, 0) is 37.6 Å². The summed E-state index contributed by atoms with van der Waals surface area (Å²) in [5.74, 6) is -1.85. The van der Waals surface area contributed by atoms with E-state index in [9.17, 15) is 19.2 Å². The second kappa shape index (κ2) is 7.44. The first-order valence-corrected chi connectivity index (χ1v) is 9.79. The van der Waals surface area contributed by atoms with Gasteiger partial charge >= 0.3 is 0 Å². The molecule has 2 fully saturated rings. The van der Waals surface area contributed by atoms with Crippen molar-refractivity contribution in [3.05, 3.63) is 34.9 Å². The predicted octanol–water partition coefficient (Wildman–Crippen LogP) is 0.272. The Labute approximate surface area is 163 Å². The minimum atomic E-state index is -0.931. The fourth-order valence-electron chi connectivity index (χ4n) is 4.39. The third-order valence-corrected chi connectivity index (χ3v) is 5.88. The molecule has 4 amide bonds. The van der Waals surface area contributed by atoms with E-state index in [2.05, 4.69) is 22.5 Å². The Bertz CT molecular complexity index is 847. The third-order valence-electron chi connectivity index (χ3n) is 5.88. The lowest BCUT2D eigenvalue weighted by Gasteiger charge is -2.28. The Hall–Kier alpha value is -2.58. The maximum Gasteiger partial charge on any atom is 0.262 e. The summed E-state index contributed by atoms with van der Waals surface area (Å²) < 4.78 is 0. The van der Waals surface area contributed by atoms with E-state index in [0.29, 0.717) is 23.7 Å². The van der Waals surface area contributed by atoms with Crippen LogP contribution >= 0.6 is 0 Å². The standard InChI is InChI=1S/C20H24N4O4/c1-2-23(13-8-9-21-10-13)11-12-4-3-5-14-17(12)20(28)24(19(14)27)15-6-7-16(25)22-18(15)26/h3-5,13,15,21H,2,6-11H2,1H3,(H,22,25,26)/t13-,15?/m0/s1. The monoisotopic (exact) mass is 384 g/mol. The van der Waals surface area contributed by atoms with Gasteiger partial charge in [0.25, 0.3) is 11.8 Å². The van der Waals surface area contributed by atoms with E-state index in [1.807, 2.05) is 6.07 Å². The molecular weight excluding hydrogens is 360 g/mol. The van der Waals surface area contributed by atoms with Crippen LogP contribution in [0.4, 0.5) is 0 Å². The Morgan fingerprint density at radius 3 is 2.64 bits per heavy atom. The van der Waals surface area contributed by atoms with Gasteiger partial charge in [-0.1, -0.05) is 19.1 Å². The molecule has 3 aliphatic rings. The van der Waals surface area contributed by atoms with Crippen LogP contribution in [0.3, 0.4) is 0 Å². The van der Waals surface area contributed by atoms with E-state index in [1.165, 1.54) is 0 Å². The number of carbonyl (C=O) groups excluding carboxylic acids is 4. The Morgan fingerprint density at radius 2 is 1.96 bits per heavy atom. The maximum atomic E-state index is 13.2. The Balaban J connectivity index is 1.62. The van der Waals surface area contributed by atoms with Gasteiger partial charge in [0.2, 0.25) is 11.8 Å². The summed E-state index contributed by atoms with van der Waals surface area (Å²) in [4.78, 5) is 53.0. The molecule has 3 heterocycles. The van der Waals surface area contributed by atoms with Crippen molar-refractivity contribution in [1.82, 2.24) is 20.4 Å². The Kier molecular flexibility index (Phi) is 4.99. The number of nitrogens with zero attached hydrogens (tertiary/aromatic N) is 2. The number of likely N-dealkylation sites (N-methyl/N-ethyl adjacent to an activating group) is 1. The molecule has 0 radical (unpaired) electrons. The normalized spacial score (nSPS) is 24.9. The van der Waals surface area contributed by atoms with Crippen LogP contribution < -0.4 is 10.6 Å². The number of amides is 4. The fraction of sp³-hybridized carbons (Fsp3) is 0.500. The van der Waals surface area contributed by atoms with Gasteiger partial charge in [0.05, 0.1) is 11.1 Å². The summed E-state index contributed by atoms with van der Waals surface area (Å²) in [6.07, 6.45) is 1.34. The van der Waals surface area contributed by atoms with Gasteiger partial charge in [0, 0.05) is 25.6 Å². The average Bonchev–Trinajstić information content (AvgIpc) is 3.29. The molecule has 148 valence electrons. The molecule has 0 spiro atoms. The lowest BCUT2D eigenvalue weighted by atomic mass is 10.0. The summed E-state index contributed by atoms with van der Waals surface area (Å²) in [6.45, 7) is 5.40. The highest BCUT2D eigenvalue weighted by Crippen LogP contribution is 2.31. The summed E-state index contributed by atoms with van der Waals surface area (Å²) in [7, 11) is 0. The summed E-state index contributed by atoms with van der Waals surface area (Å²) >= 11 is 0. The fourth-order valence-corrected chi connectivity index (χ4v) is 4.39. The van der Waals surface area contributed by atoms with Gasteiger partial charge < -0.3 is 5.32 Å². The second-order valence-corrected chi connectivity index (χ2v) is 7.50. The molecule has 4 rings (SSSR count). The van der Waals surface area contributed by atoms with Crippen molar-refractivity contribution in [2.24, 2.45) is 0 Å². The number of rotatable bonds is 5. The van der Waals surface area contributed by atoms with Crippen molar-refractivity contribution in [3.63, 3.8) is 0 Å². The number of nitrogens with one attached hydrogen (secondary N) is 2. The first kappa shape index (κ1) is 18.8. The lowest BCUT2D eigenvalue weighted by Crippen LogP contribution is -2.54. The Morgan fingerprint density at radius 1 is 1.14 bits per heavy atom. The van der Waals surface area contributed by atoms with Crippen molar-refractivity contribution in [2.75, 3.05) is 19.6 Å². The molecule has 2 N–H and O–H groups in total. The number of hydrogen-bond donors (Lipinski definition) is 2. The van der Waals surface area contributed by atoms with E-state index in [4.69, 9.17) is 0 Å². The summed E-state index contributed by atoms with van der Waals surface area (Å²) in [5.41, 5.74) is 1.54. The molecule has 3 aliphatic heterocycles. The minimum Gasteiger partial charge on any atom is -0.315 e. The first-order chi connectivity index (χ1) is 13.5. The number of carbonyl (C=O) groups is 4. The van der Waals surface area contributed by atoms with Crippen molar-refractivity contribution >= 4 is 23.6 Å². The van der Waals surface area contributed by atoms with Crippen LogP contribution in [-0.4, -0.2) is 65.1 Å². The first-order valence-electron chi connectivity index (χ1n) is 9.79. The number of fused-ring (bicyclic) bond motifs is 1. The second-order valence-electron chi connectivity index (χ2n) is 7.50. The van der Waals surface area contributed by atoms with Crippen LogP contribution in [0.1, 0.15) is 52.5 Å². The predicted molar refractivity (Wildman–Crippen MR) is 100 cm³/mol. The van der Waals surface area contributed by atoms with E-state index in [1.54, 1.807) is 12.1 Å². The molecule has 1 unspecified atom stereocenters. The van der Waals surface area contributed by atoms with Gasteiger partial charge in [0.1, 0.15) is 6.04 Å².